The van der Waals surface area contributed by atoms with Gasteiger partial charge in [-0.1, -0.05) is 24.3 Å². The molecule has 0 amide bonds. The topological polar surface area (TPSA) is 104 Å². The van der Waals surface area contributed by atoms with E-state index in [1.165, 1.54) is 0 Å². The standard InChI is InChI=1S/C28H29N5O4/c1-28(2,3)36-27(34)37-32-16-13-20(14-17-32)26-31-23(24-25(29)30-15-18-33(24)26)19-9-11-22(12-10-19)35-21-7-5-4-6-8-21/h4-13,15,18H,14,16-17H2,1-3H3,(H2,29,30). The van der Waals surface area contributed by atoms with Crippen LogP contribution in [-0.2, 0) is 9.57 Å². The SMILES string of the molecule is CC(C)(C)OC(=O)ON1CC=C(c2nc(-c3ccc(Oc4ccccc4)cc3)c3c(N)nccn23)CC1. The third-order valence-corrected chi connectivity index (χ3v) is 5.74. The minimum atomic E-state index is -0.712. The third-order valence-electron chi connectivity index (χ3n) is 5.74. The van der Waals surface area contributed by atoms with Crippen LogP contribution in [0.5, 0.6) is 11.5 Å². The summed E-state index contributed by atoms with van der Waals surface area (Å²) < 4.78 is 13.1. The molecule has 0 spiro atoms. The van der Waals surface area contributed by atoms with Gasteiger partial charge in [0.05, 0.1) is 6.54 Å². The predicted molar refractivity (Wildman–Crippen MR) is 141 cm³/mol. The van der Waals surface area contributed by atoms with Crippen molar-refractivity contribution in [1.82, 2.24) is 19.4 Å². The van der Waals surface area contributed by atoms with Crippen LogP contribution in [0.3, 0.4) is 0 Å². The maximum absolute atomic E-state index is 12.0. The normalized spacial score (nSPS) is 14.3. The van der Waals surface area contributed by atoms with E-state index in [0.29, 0.717) is 25.3 Å². The average molecular weight is 500 g/mol. The van der Waals surface area contributed by atoms with E-state index < -0.39 is 11.8 Å². The van der Waals surface area contributed by atoms with Crippen LogP contribution in [0.25, 0.3) is 22.3 Å². The monoisotopic (exact) mass is 499 g/mol. The van der Waals surface area contributed by atoms with Crippen LogP contribution >= 0.6 is 0 Å². The minimum absolute atomic E-state index is 0.396. The summed E-state index contributed by atoms with van der Waals surface area (Å²) in [6.45, 7) is 6.34. The molecule has 37 heavy (non-hydrogen) atoms. The van der Waals surface area contributed by atoms with Crippen LogP contribution < -0.4 is 10.5 Å². The lowest BCUT2D eigenvalue weighted by molar-refractivity contribution is -0.137. The van der Waals surface area contributed by atoms with Crippen molar-refractivity contribution >= 4 is 23.1 Å². The molecule has 3 heterocycles. The highest BCUT2D eigenvalue weighted by Gasteiger charge is 2.25. The lowest BCUT2D eigenvalue weighted by Gasteiger charge is -2.26. The maximum atomic E-state index is 12.0. The van der Waals surface area contributed by atoms with E-state index in [-0.39, 0.29) is 0 Å². The van der Waals surface area contributed by atoms with Crippen molar-refractivity contribution < 1.29 is 19.1 Å². The van der Waals surface area contributed by atoms with Gasteiger partial charge in [-0.3, -0.25) is 4.40 Å². The quantitative estimate of drug-likeness (QED) is 0.347. The first kappa shape index (κ1) is 24.3. The molecule has 0 unspecified atom stereocenters. The molecule has 0 fully saturated rings. The number of rotatable bonds is 5. The van der Waals surface area contributed by atoms with Gasteiger partial charge in [-0.2, -0.15) is 0 Å². The number of aromatic nitrogens is 3. The molecule has 1 aliphatic heterocycles. The van der Waals surface area contributed by atoms with Gasteiger partial charge in [-0.25, -0.2) is 14.8 Å². The first-order chi connectivity index (χ1) is 17.8. The van der Waals surface area contributed by atoms with Crippen molar-refractivity contribution in [3.63, 3.8) is 0 Å². The van der Waals surface area contributed by atoms with Crippen molar-refractivity contribution in [1.29, 1.82) is 0 Å². The number of carbonyl (C=O) groups excluding carboxylic acids is 1. The van der Waals surface area contributed by atoms with Crippen molar-refractivity contribution in [2.24, 2.45) is 0 Å². The van der Waals surface area contributed by atoms with Crippen LogP contribution in [0.15, 0.2) is 73.1 Å². The number of carbonyl (C=O) groups is 1. The summed E-state index contributed by atoms with van der Waals surface area (Å²) in [6, 6.07) is 17.4. The molecule has 0 saturated carbocycles. The summed E-state index contributed by atoms with van der Waals surface area (Å²) in [5.74, 6) is 2.67. The molecule has 5 rings (SSSR count). The molecule has 0 saturated heterocycles. The van der Waals surface area contributed by atoms with E-state index in [4.69, 9.17) is 25.0 Å². The van der Waals surface area contributed by atoms with Gasteiger partial charge >= 0.3 is 6.16 Å². The van der Waals surface area contributed by atoms with E-state index in [9.17, 15) is 4.79 Å². The second-order valence-corrected chi connectivity index (χ2v) is 9.68. The van der Waals surface area contributed by atoms with Gasteiger partial charge in [-0.15, -0.1) is 5.06 Å². The highest BCUT2D eigenvalue weighted by molar-refractivity contribution is 5.87. The Morgan fingerprint density at radius 1 is 1.03 bits per heavy atom. The van der Waals surface area contributed by atoms with Gasteiger partial charge in [-0.05, 0) is 69.2 Å². The Bertz CT molecular complexity index is 1440. The Hall–Kier alpha value is -4.37. The molecule has 0 bridgehead atoms. The third kappa shape index (κ3) is 5.57. The van der Waals surface area contributed by atoms with Crippen LogP contribution in [0.2, 0.25) is 0 Å². The maximum Gasteiger partial charge on any atom is 0.528 e. The molecule has 190 valence electrons. The number of hydrogen-bond acceptors (Lipinski definition) is 8. The minimum Gasteiger partial charge on any atom is -0.457 e. The summed E-state index contributed by atoms with van der Waals surface area (Å²) in [4.78, 5) is 26.6. The summed E-state index contributed by atoms with van der Waals surface area (Å²) in [6.07, 6.45) is 5.44. The van der Waals surface area contributed by atoms with E-state index in [1.807, 2.05) is 71.3 Å². The average Bonchev–Trinajstić information content (AvgIpc) is 3.25. The molecule has 0 aliphatic carbocycles. The Labute approximate surface area is 215 Å². The smallest absolute Gasteiger partial charge is 0.457 e. The zero-order valence-corrected chi connectivity index (χ0v) is 21.0. The zero-order valence-electron chi connectivity index (χ0n) is 21.0. The molecule has 9 heteroatoms. The molecule has 1 aliphatic rings. The van der Waals surface area contributed by atoms with Gasteiger partial charge in [0, 0.05) is 24.5 Å². The van der Waals surface area contributed by atoms with E-state index in [1.54, 1.807) is 32.0 Å². The Balaban J connectivity index is 1.39. The number of ether oxygens (including phenoxy) is 2. The van der Waals surface area contributed by atoms with Crippen LogP contribution in [0.1, 0.15) is 33.0 Å². The number of hydroxylamine groups is 2. The van der Waals surface area contributed by atoms with E-state index in [0.717, 1.165) is 39.7 Å². The number of hydrogen-bond donors (Lipinski definition) is 1. The molecule has 2 N–H and O–H groups in total. The Kier molecular flexibility index (Phi) is 6.54. The van der Waals surface area contributed by atoms with Crippen LogP contribution in [-0.4, -0.2) is 44.3 Å². The number of fused-ring (bicyclic) bond motifs is 1. The van der Waals surface area contributed by atoms with Gasteiger partial charge in [0.1, 0.15) is 40.0 Å². The van der Waals surface area contributed by atoms with Crippen molar-refractivity contribution in [3.05, 3.63) is 78.9 Å². The summed E-state index contributed by atoms with van der Waals surface area (Å²) >= 11 is 0. The number of nitrogens with zero attached hydrogens (tertiary/aromatic N) is 4. The summed E-state index contributed by atoms with van der Waals surface area (Å²) in [7, 11) is 0. The molecular formula is C28H29N5O4. The second-order valence-electron chi connectivity index (χ2n) is 9.68. The van der Waals surface area contributed by atoms with E-state index in [2.05, 4.69) is 4.98 Å². The molecule has 0 radical (unpaired) electrons. The molecule has 2 aromatic heterocycles. The first-order valence-electron chi connectivity index (χ1n) is 12.1. The number of para-hydroxylation sites is 1. The fourth-order valence-corrected chi connectivity index (χ4v) is 4.11. The fourth-order valence-electron chi connectivity index (χ4n) is 4.11. The van der Waals surface area contributed by atoms with Crippen molar-refractivity contribution in [3.8, 4) is 22.8 Å². The van der Waals surface area contributed by atoms with E-state index >= 15 is 0 Å². The number of imidazole rings is 1. The van der Waals surface area contributed by atoms with Crippen LogP contribution in [0.4, 0.5) is 10.6 Å². The predicted octanol–water partition coefficient (Wildman–Crippen LogP) is 5.73. The van der Waals surface area contributed by atoms with Gasteiger partial charge in [0.25, 0.3) is 0 Å². The zero-order chi connectivity index (χ0) is 26.0. The summed E-state index contributed by atoms with van der Waals surface area (Å²) in [5, 5.41) is 1.58. The molecular weight excluding hydrogens is 470 g/mol. The fraction of sp³-hybridized carbons (Fsp3) is 0.250. The molecule has 0 atom stereocenters. The molecule has 9 nitrogen and oxygen atoms in total. The lowest BCUT2D eigenvalue weighted by atomic mass is 10.1. The molecule has 4 aromatic rings. The van der Waals surface area contributed by atoms with Crippen molar-refractivity contribution in [2.75, 3.05) is 18.8 Å². The van der Waals surface area contributed by atoms with Gasteiger partial charge in [0.2, 0.25) is 0 Å². The van der Waals surface area contributed by atoms with Crippen LogP contribution in [0, 0.1) is 0 Å². The van der Waals surface area contributed by atoms with Gasteiger partial charge in [0.15, 0.2) is 0 Å². The number of anilines is 1. The number of nitrogens with two attached hydrogens (primary N) is 1. The highest BCUT2D eigenvalue weighted by atomic mass is 16.8. The largest absolute Gasteiger partial charge is 0.528 e. The lowest BCUT2D eigenvalue weighted by Crippen LogP contribution is -2.34. The summed E-state index contributed by atoms with van der Waals surface area (Å²) in [5.41, 5.74) is 9.09. The number of nitrogen functional groups attached to an aromatic ring is 1. The Morgan fingerprint density at radius 2 is 1.76 bits per heavy atom. The van der Waals surface area contributed by atoms with Gasteiger partial charge < -0.3 is 20.0 Å². The first-order valence-corrected chi connectivity index (χ1v) is 12.1. The van der Waals surface area contributed by atoms with Crippen molar-refractivity contribution in [2.45, 2.75) is 32.8 Å². The highest BCUT2D eigenvalue weighted by Crippen LogP contribution is 2.33. The Morgan fingerprint density at radius 3 is 2.43 bits per heavy atom. The number of benzene rings is 2. The second kappa shape index (κ2) is 9.94. The molecule has 2 aromatic carbocycles.